The van der Waals surface area contributed by atoms with Crippen molar-refractivity contribution in [1.29, 1.82) is 0 Å². The lowest BCUT2D eigenvalue weighted by Crippen LogP contribution is -2.26. The van der Waals surface area contributed by atoms with Crippen molar-refractivity contribution in [2.45, 2.75) is 20.0 Å². The van der Waals surface area contributed by atoms with Crippen LogP contribution in [0, 0.1) is 0 Å². The van der Waals surface area contributed by atoms with Crippen molar-refractivity contribution in [3.63, 3.8) is 0 Å². The number of carbonyl (C=O) groups excluding carboxylic acids is 2. The Morgan fingerprint density at radius 2 is 2.05 bits per heavy atom. The molecule has 0 fully saturated rings. The van der Waals surface area contributed by atoms with Crippen molar-refractivity contribution < 1.29 is 24.2 Å². The molecular formula is C13H15NO5. The Balaban J connectivity index is 2.55. The molecule has 0 aromatic heterocycles. The molecule has 1 amide bonds. The number of benzene rings is 1. The molecule has 0 spiro atoms. The molecule has 2 N–H and O–H groups in total. The molecule has 0 radical (unpaired) electrons. The van der Waals surface area contributed by atoms with Crippen LogP contribution in [0.5, 0.6) is 0 Å². The minimum Gasteiger partial charge on any atom is -0.479 e. The summed E-state index contributed by atoms with van der Waals surface area (Å²) in [5, 5.41) is 11.1. The van der Waals surface area contributed by atoms with Crippen LogP contribution in [-0.2, 0) is 14.3 Å². The third kappa shape index (κ3) is 4.89. The van der Waals surface area contributed by atoms with Gasteiger partial charge in [-0.3, -0.25) is 9.59 Å². The van der Waals surface area contributed by atoms with Gasteiger partial charge in [0.1, 0.15) is 6.61 Å². The van der Waals surface area contributed by atoms with E-state index in [4.69, 9.17) is 9.84 Å². The number of nitrogens with one attached hydrogen (secondary N) is 1. The Morgan fingerprint density at radius 3 is 2.63 bits per heavy atom. The molecule has 0 bridgehead atoms. The summed E-state index contributed by atoms with van der Waals surface area (Å²) in [6.45, 7) is 2.41. The minimum atomic E-state index is -1.13. The van der Waals surface area contributed by atoms with Gasteiger partial charge in [0.15, 0.2) is 11.9 Å². The fraction of sp³-hybridized carbons (Fsp3) is 0.308. The highest BCUT2D eigenvalue weighted by Crippen LogP contribution is 2.11. The maximum absolute atomic E-state index is 11.5. The van der Waals surface area contributed by atoms with Crippen LogP contribution < -0.4 is 5.32 Å². The maximum Gasteiger partial charge on any atom is 0.332 e. The van der Waals surface area contributed by atoms with Gasteiger partial charge in [-0.2, -0.15) is 0 Å². The van der Waals surface area contributed by atoms with Gasteiger partial charge >= 0.3 is 5.97 Å². The summed E-state index contributed by atoms with van der Waals surface area (Å²) in [6, 6.07) is 6.46. The zero-order valence-electron chi connectivity index (χ0n) is 10.7. The summed E-state index contributed by atoms with van der Waals surface area (Å²) in [5.41, 5.74) is 0.946. The number of amides is 1. The predicted molar refractivity (Wildman–Crippen MR) is 68.1 cm³/mol. The van der Waals surface area contributed by atoms with E-state index < -0.39 is 18.0 Å². The smallest absolute Gasteiger partial charge is 0.332 e. The third-order valence-corrected chi connectivity index (χ3v) is 2.37. The quantitative estimate of drug-likeness (QED) is 0.757. The van der Waals surface area contributed by atoms with E-state index in [2.05, 4.69) is 5.32 Å². The van der Waals surface area contributed by atoms with Gasteiger partial charge in [-0.15, -0.1) is 0 Å². The molecule has 1 aromatic carbocycles. The number of hydrogen-bond donors (Lipinski definition) is 2. The van der Waals surface area contributed by atoms with E-state index in [1.165, 1.54) is 13.8 Å². The predicted octanol–water partition coefficient (Wildman–Crippen LogP) is 1.32. The van der Waals surface area contributed by atoms with Crippen LogP contribution in [0.1, 0.15) is 24.2 Å². The number of rotatable bonds is 6. The second kappa shape index (κ2) is 6.65. The number of ether oxygens (including phenoxy) is 1. The van der Waals surface area contributed by atoms with Crippen molar-refractivity contribution in [3.05, 3.63) is 29.8 Å². The van der Waals surface area contributed by atoms with Gasteiger partial charge in [0, 0.05) is 11.3 Å². The molecule has 0 aliphatic carbocycles. The molecule has 0 saturated heterocycles. The molecule has 0 aliphatic heterocycles. The van der Waals surface area contributed by atoms with Crippen molar-refractivity contribution in [1.82, 2.24) is 0 Å². The standard InChI is InChI=1S/C13H15NO5/c1-8(15)10-4-3-5-11(6-10)14-12(16)7-19-9(2)13(17)18/h3-6,9H,7H2,1-2H3,(H,14,16)(H,17,18)/t9-/m0/s1. The number of carboxylic acids is 1. The van der Waals surface area contributed by atoms with Gasteiger partial charge in [-0.1, -0.05) is 12.1 Å². The summed E-state index contributed by atoms with van der Waals surface area (Å²) >= 11 is 0. The SMILES string of the molecule is CC(=O)c1cccc(NC(=O)CO[C@@H](C)C(=O)O)c1. The van der Waals surface area contributed by atoms with Crippen LogP contribution in [0.3, 0.4) is 0 Å². The normalized spacial score (nSPS) is 11.7. The first-order valence-electron chi connectivity index (χ1n) is 5.65. The zero-order chi connectivity index (χ0) is 14.4. The Bertz CT molecular complexity index is 498. The molecule has 102 valence electrons. The summed E-state index contributed by atoms with van der Waals surface area (Å²) in [4.78, 5) is 33.2. The van der Waals surface area contributed by atoms with Gasteiger partial charge in [0.05, 0.1) is 0 Å². The molecule has 0 saturated carbocycles. The number of carboxylic acid groups (broad SMARTS) is 1. The average molecular weight is 265 g/mol. The van der Waals surface area contributed by atoms with E-state index in [0.29, 0.717) is 11.3 Å². The fourth-order valence-corrected chi connectivity index (χ4v) is 1.28. The molecule has 6 heteroatoms. The van der Waals surface area contributed by atoms with Crippen molar-refractivity contribution in [2.24, 2.45) is 0 Å². The molecule has 0 unspecified atom stereocenters. The van der Waals surface area contributed by atoms with E-state index >= 15 is 0 Å². The number of anilines is 1. The first-order valence-corrected chi connectivity index (χ1v) is 5.65. The topological polar surface area (TPSA) is 92.7 Å². The highest BCUT2D eigenvalue weighted by atomic mass is 16.5. The van der Waals surface area contributed by atoms with Crippen LogP contribution in [0.4, 0.5) is 5.69 Å². The second-order valence-electron chi connectivity index (χ2n) is 3.98. The Hall–Kier alpha value is -2.21. The van der Waals surface area contributed by atoms with Crippen LogP contribution in [0.15, 0.2) is 24.3 Å². The summed E-state index contributed by atoms with van der Waals surface area (Å²) in [5.74, 6) is -1.72. The first-order chi connectivity index (χ1) is 8.90. The lowest BCUT2D eigenvalue weighted by molar-refractivity contribution is -0.150. The van der Waals surface area contributed by atoms with E-state index in [1.807, 2.05) is 0 Å². The van der Waals surface area contributed by atoms with Gasteiger partial charge in [0.25, 0.3) is 0 Å². The number of carbonyl (C=O) groups is 3. The number of Topliss-reactive ketones (excluding diaryl/α,β-unsaturated/α-hetero) is 1. The van der Waals surface area contributed by atoms with Gasteiger partial charge < -0.3 is 15.2 Å². The molecule has 0 heterocycles. The van der Waals surface area contributed by atoms with Crippen LogP contribution >= 0.6 is 0 Å². The number of hydrogen-bond acceptors (Lipinski definition) is 4. The zero-order valence-corrected chi connectivity index (χ0v) is 10.7. The largest absolute Gasteiger partial charge is 0.479 e. The van der Waals surface area contributed by atoms with Crippen LogP contribution in [-0.4, -0.2) is 35.5 Å². The lowest BCUT2D eigenvalue weighted by atomic mass is 10.1. The summed E-state index contributed by atoms with van der Waals surface area (Å²) in [7, 11) is 0. The highest BCUT2D eigenvalue weighted by molar-refractivity contribution is 5.97. The second-order valence-corrected chi connectivity index (χ2v) is 3.98. The molecule has 1 atom stereocenters. The van der Waals surface area contributed by atoms with Gasteiger partial charge in [-0.05, 0) is 26.0 Å². The van der Waals surface area contributed by atoms with Crippen LogP contribution in [0.25, 0.3) is 0 Å². The molecule has 1 aromatic rings. The van der Waals surface area contributed by atoms with Gasteiger partial charge in [-0.25, -0.2) is 4.79 Å². The van der Waals surface area contributed by atoms with E-state index in [9.17, 15) is 14.4 Å². The fourth-order valence-electron chi connectivity index (χ4n) is 1.28. The molecule has 19 heavy (non-hydrogen) atoms. The van der Waals surface area contributed by atoms with Gasteiger partial charge in [0.2, 0.25) is 5.91 Å². The monoisotopic (exact) mass is 265 g/mol. The van der Waals surface area contributed by atoms with Crippen molar-refractivity contribution in [2.75, 3.05) is 11.9 Å². The molecule has 0 aliphatic rings. The summed E-state index contributed by atoms with van der Waals surface area (Å²) in [6.07, 6.45) is -1.05. The van der Waals surface area contributed by atoms with Crippen LogP contribution in [0.2, 0.25) is 0 Å². The minimum absolute atomic E-state index is 0.105. The first kappa shape index (κ1) is 14.8. The average Bonchev–Trinajstić information content (AvgIpc) is 2.36. The van der Waals surface area contributed by atoms with E-state index in [1.54, 1.807) is 24.3 Å². The molecular weight excluding hydrogens is 250 g/mol. The third-order valence-electron chi connectivity index (χ3n) is 2.37. The maximum atomic E-state index is 11.5. The molecule has 6 nitrogen and oxygen atoms in total. The number of aliphatic carboxylic acids is 1. The Labute approximate surface area is 110 Å². The lowest BCUT2D eigenvalue weighted by Gasteiger charge is -2.09. The van der Waals surface area contributed by atoms with Crippen molar-refractivity contribution >= 4 is 23.3 Å². The van der Waals surface area contributed by atoms with E-state index in [-0.39, 0.29) is 12.4 Å². The molecule has 1 rings (SSSR count). The number of ketones is 1. The van der Waals surface area contributed by atoms with E-state index in [0.717, 1.165) is 0 Å². The Morgan fingerprint density at radius 1 is 1.37 bits per heavy atom. The highest BCUT2D eigenvalue weighted by Gasteiger charge is 2.13. The van der Waals surface area contributed by atoms with Crippen molar-refractivity contribution in [3.8, 4) is 0 Å². The summed E-state index contributed by atoms with van der Waals surface area (Å²) < 4.78 is 4.84. The Kier molecular flexibility index (Phi) is 5.20.